The van der Waals surface area contributed by atoms with E-state index in [0.29, 0.717) is 31.7 Å². The zero-order valence-corrected chi connectivity index (χ0v) is 16.9. The molecule has 0 aliphatic carbocycles. The minimum absolute atomic E-state index is 0.198. The number of hydrogen-bond acceptors (Lipinski definition) is 4. The number of para-hydroxylation sites is 1. The molecule has 1 aromatic carbocycles. The Morgan fingerprint density at radius 1 is 1.25 bits per heavy atom. The normalized spacial score (nSPS) is 19.6. The maximum atomic E-state index is 13.3. The minimum atomic E-state index is -3.52. The summed E-state index contributed by atoms with van der Waals surface area (Å²) in [5.74, 6) is 0.598. The molecule has 9 heteroatoms. The van der Waals surface area contributed by atoms with Gasteiger partial charge in [-0.3, -0.25) is 14.3 Å². The van der Waals surface area contributed by atoms with Crippen molar-refractivity contribution in [3.63, 3.8) is 0 Å². The molecular weight excluding hydrogens is 378 g/mol. The second-order valence-corrected chi connectivity index (χ2v) is 9.57. The molecule has 2 amide bonds. The summed E-state index contributed by atoms with van der Waals surface area (Å²) in [4.78, 5) is 14.3. The highest BCUT2D eigenvalue weighted by Crippen LogP contribution is 2.33. The number of aromatic nitrogens is 2. The highest BCUT2D eigenvalue weighted by Gasteiger charge is 2.39. The minimum Gasteiger partial charge on any atom is -0.323 e. The number of carbonyl (C=O) groups excluding carboxylic acids is 1. The van der Waals surface area contributed by atoms with Gasteiger partial charge < -0.3 is 4.90 Å². The summed E-state index contributed by atoms with van der Waals surface area (Å²) in [5, 5.41) is 6.46. The van der Waals surface area contributed by atoms with E-state index in [9.17, 15) is 13.2 Å². The Kier molecular flexibility index (Phi) is 4.78. The van der Waals surface area contributed by atoms with Crippen LogP contribution in [0.2, 0.25) is 0 Å². The number of piperidine rings is 1. The first-order chi connectivity index (χ1) is 13.4. The largest absolute Gasteiger partial charge is 0.323 e. The van der Waals surface area contributed by atoms with Crippen molar-refractivity contribution in [2.45, 2.75) is 31.4 Å². The smallest absolute Gasteiger partial charge is 0.323 e. The Morgan fingerprint density at radius 2 is 2.04 bits per heavy atom. The molecule has 1 aromatic heterocycles. The van der Waals surface area contributed by atoms with Crippen LogP contribution in [0.1, 0.15) is 24.1 Å². The van der Waals surface area contributed by atoms with Gasteiger partial charge >= 0.3 is 6.03 Å². The number of nitrogens with zero attached hydrogens (tertiary/aromatic N) is 4. The molecule has 0 unspecified atom stereocenters. The molecule has 0 saturated carbocycles. The lowest BCUT2D eigenvalue weighted by molar-refractivity contribution is 0.200. The summed E-state index contributed by atoms with van der Waals surface area (Å²) in [6.45, 7) is 3.07. The molecule has 1 N–H and O–H groups in total. The van der Waals surface area contributed by atoms with E-state index in [0.717, 1.165) is 23.4 Å². The predicted octanol–water partition coefficient (Wildman–Crippen LogP) is 2.12. The molecule has 1 fully saturated rings. The van der Waals surface area contributed by atoms with Crippen LogP contribution in [0, 0.1) is 6.92 Å². The summed E-state index contributed by atoms with van der Waals surface area (Å²) in [6, 6.07) is 9.13. The van der Waals surface area contributed by atoms with Crippen LogP contribution < -0.4 is 9.62 Å². The first-order valence-corrected chi connectivity index (χ1v) is 11.0. The summed E-state index contributed by atoms with van der Waals surface area (Å²) < 4.78 is 29.7. The number of sulfonamides is 1. The first kappa shape index (κ1) is 18.8. The molecule has 3 heterocycles. The Bertz CT molecular complexity index is 1000. The Morgan fingerprint density at radius 3 is 2.79 bits per heavy atom. The van der Waals surface area contributed by atoms with Crippen LogP contribution in [-0.2, 0) is 23.5 Å². The van der Waals surface area contributed by atoms with E-state index in [4.69, 9.17) is 0 Å². The molecular formula is C19H25N5O3S. The van der Waals surface area contributed by atoms with Crippen LogP contribution in [0.25, 0.3) is 0 Å². The highest BCUT2D eigenvalue weighted by molar-refractivity contribution is 7.93. The molecule has 0 radical (unpaired) electrons. The van der Waals surface area contributed by atoms with Gasteiger partial charge in [0.15, 0.2) is 0 Å². The van der Waals surface area contributed by atoms with Crippen molar-refractivity contribution in [1.82, 2.24) is 14.7 Å². The third-order valence-corrected chi connectivity index (χ3v) is 7.70. The molecule has 4 rings (SSSR count). The standard InChI is InChI=1S/C19H25N5O3S/c1-14-12-18(22(2)21-14)20-19(25)23-10-5-7-16(13-23)28(26,27)24-11-9-15-6-3-4-8-17(15)24/h3-4,6,8,12,16H,5,7,9-11,13H2,1-2H3,(H,20,25)/t16-/m1/s1. The number of aryl methyl sites for hydroxylation is 2. The third-order valence-electron chi connectivity index (χ3n) is 5.48. The summed E-state index contributed by atoms with van der Waals surface area (Å²) in [7, 11) is -1.76. The SMILES string of the molecule is Cc1cc(NC(=O)N2CCC[C@@H](S(=O)(=O)N3CCc4ccccc43)C2)n(C)n1. The molecule has 1 atom stereocenters. The molecule has 150 valence electrons. The van der Waals surface area contributed by atoms with E-state index >= 15 is 0 Å². The van der Waals surface area contributed by atoms with Gasteiger partial charge in [0.2, 0.25) is 10.0 Å². The second-order valence-electron chi connectivity index (χ2n) is 7.43. The summed E-state index contributed by atoms with van der Waals surface area (Å²) in [5.41, 5.74) is 2.64. The van der Waals surface area contributed by atoms with Gasteiger partial charge in [-0.25, -0.2) is 13.2 Å². The molecule has 2 aliphatic rings. The molecule has 1 saturated heterocycles. The number of hydrogen-bond donors (Lipinski definition) is 1. The lowest BCUT2D eigenvalue weighted by Gasteiger charge is -2.34. The van der Waals surface area contributed by atoms with Gasteiger partial charge in [0.25, 0.3) is 0 Å². The van der Waals surface area contributed by atoms with Gasteiger partial charge in [0.1, 0.15) is 5.82 Å². The number of fused-ring (bicyclic) bond motifs is 1. The molecule has 8 nitrogen and oxygen atoms in total. The summed E-state index contributed by atoms with van der Waals surface area (Å²) in [6.07, 6.45) is 1.96. The fourth-order valence-corrected chi connectivity index (χ4v) is 6.03. The van der Waals surface area contributed by atoms with Gasteiger partial charge in [-0.2, -0.15) is 5.10 Å². The number of nitrogens with one attached hydrogen (secondary N) is 1. The number of carbonyl (C=O) groups is 1. The number of likely N-dealkylation sites (tertiary alicyclic amines) is 1. The van der Waals surface area contributed by atoms with Gasteiger partial charge in [-0.15, -0.1) is 0 Å². The number of urea groups is 1. The molecule has 0 spiro atoms. The zero-order chi connectivity index (χ0) is 19.9. The molecule has 0 bridgehead atoms. The van der Waals surface area contributed by atoms with Crippen molar-refractivity contribution in [3.8, 4) is 0 Å². The quantitative estimate of drug-likeness (QED) is 0.850. The van der Waals surface area contributed by atoms with Crippen LogP contribution in [0.3, 0.4) is 0 Å². The van der Waals surface area contributed by atoms with E-state index in [-0.39, 0.29) is 12.6 Å². The third kappa shape index (κ3) is 3.34. The number of anilines is 2. The van der Waals surface area contributed by atoms with E-state index in [1.54, 1.807) is 22.7 Å². The maximum Gasteiger partial charge on any atom is 0.323 e. The topological polar surface area (TPSA) is 87.5 Å². The van der Waals surface area contributed by atoms with Gasteiger partial charge in [0, 0.05) is 32.7 Å². The fraction of sp³-hybridized carbons (Fsp3) is 0.474. The van der Waals surface area contributed by atoms with E-state index in [2.05, 4.69) is 10.4 Å². The lowest BCUT2D eigenvalue weighted by Crippen LogP contribution is -2.50. The van der Waals surface area contributed by atoms with Crippen molar-refractivity contribution in [3.05, 3.63) is 41.6 Å². The Hall–Kier alpha value is -2.55. The van der Waals surface area contributed by atoms with E-state index in [1.807, 2.05) is 31.2 Å². The van der Waals surface area contributed by atoms with Crippen molar-refractivity contribution in [2.24, 2.45) is 7.05 Å². The fourth-order valence-electron chi connectivity index (χ4n) is 4.03. The van der Waals surface area contributed by atoms with E-state index in [1.165, 1.54) is 4.31 Å². The Labute approximate surface area is 165 Å². The predicted molar refractivity (Wildman–Crippen MR) is 108 cm³/mol. The van der Waals surface area contributed by atoms with Gasteiger partial charge in [0.05, 0.1) is 16.6 Å². The van der Waals surface area contributed by atoms with Crippen molar-refractivity contribution in [2.75, 3.05) is 29.3 Å². The summed E-state index contributed by atoms with van der Waals surface area (Å²) >= 11 is 0. The average Bonchev–Trinajstić information content (AvgIpc) is 3.25. The van der Waals surface area contributed by atoms with Crippen molar-refractivity contribution < 1.29 is 13.2 Å². The van der Waals surface area contributed by atoms with Crippen LogP contribution >= 0.6 is 0 Å². The van der Waals surface area contributed by atoms with Crippen LogP contribution in [-0.4, -0.2) is 54.0 Å². The van der Waals surface area contributed by atoms with E-state index < -0.39 is 15.3 Å². The van der Waals surface area contributed by atoms with Crippen LogP contribution in [0.15, 0.2) is 30.3 Å². The van der Waals surface area contributed by atoms with Crippen molar-refractivity contribution >= 4 is 27.6 Å². The van der Waals surface area contributed by atoms with Gasteiger partial charge in [-0.05, 0) is 37.8 Å². The number of amides is 2. The highest BCUT2D eigenvalue weighted by atomic mass is 32.2. The lowest BCUT2D eigenvalue weighted by atomic mass is 10.1. The number of benzene rings is 1. The van der Waals surface area contributed by atoms with Crippen LogP contribution in [0.4, 0.5) is 16.3 Å². The van der Waals surface area contributed by atoms with Crippen LogP contribution in [0.5, 0.6) is 0 Å². The average molecular weight is 404 g/mol. The van der Waals surface area contributed by atoms with Gasteiger partial charge in [-0.1, -0.05) is 18.2 Å². The maximum absolute atomic E-state index is 13.3. The zero-order valence-electron chi connectivity index (χ0n) is 16.1. The van der Waals surface area contributed by atoms with Crippen molar-refractivity contribution in [1.29, 1.82) is 0 Å². The molecule has 28 heavy (non-hydrogen) atoms. The first-order valence-electron chi connectivity index (χ1n) is 9.52. The molecule has 2 aromatic rings. The monoisotopic (exact) mass is 403 g/mol. The second kappa shape index (κ2) is 7.12. The Balaban J connectivity index is 1.49. The number of rotatable bonds is 3. The molecule has 2 aliphatic heterocycles.